The molecule has 216 valence electrons. The molecule has 3 heterocycles. The number of ether oxygens (including phenoxy) is 3. The molecule has 1 atom stereocenters. The van der Waals surface area contributed by atoms with E-state index in [0.717, 1.165) is 0 Å². The molecule has 0 fully saturated rings. The summed E-state index contributed by atoms with van der Waals surface area (Å²) in [5.41, 5.74) is 1.84. The Morgan fingerprint density at radius 1 is 1.07 bits per heavy atom. The molecule has 42 heavy (non-hydrogen) atoms. The minimum atomic E-state index is -0.762. The summed E-state index contributed by atoms with van der Waals surface area (Å²) in [5.74, 6) is 0.320. The smallest absolute Gasteiger partial charge is 0.338 e. The van der Waals surface area contributed by atoms with Gasteiger partial charge in [-0.25, -0.2) is 14.6 Å². The number of aromatic nitrogens is 1. The van der Waals surface area contributed by atoms with Gasteiger partial charge in [-0.1, -0.05) is 35.1 Å². The molecule has 11 heteroatoms. The van der Waals surface area contributed by atoms with Gasteiger partial charge in [0.1, 0.15) is 17.3 Å². The molecule has 9 nitrogen and oxygen atoms in total. The first-order valence-corrected chi connectivity index (χ1v) is 14.2. The number of carbonyl (C=O) groups is 2. The molecule has 0 radical (unpaired) electrons. The Morgan fingerprint density at radius 2 is 1.81 bits per heavy atom. The summed E-state index contributed by atoms with van der Waals surface area (Å²) in [6.45, 7) is 5.26. The van der Waals surface area contributed by atoms with Crippen LogP contribution >= 0.6 is 22.9 Å². The lowest BCUT2D eigenvalue weighted by molar-refractivity contribution is -0.143. The van der Waals surface area contributed by atoms with Gasteiger partial charge in [0.15, 0.2) is 4.80 Å². The topological polar surface area (TPSA) is 109 Å². The maximum Gasteiger partial charge on any atom is 0.338 e. The fraction of sp³-hybridized carbons (Fsp3) is 0.226. The van der Waals surface area contributed by atoms with Crippen molar-refractivity contribution in [3.8, 4) is 17.1 Å². The van der Waals surface area contributed by atoms with Gasteiger partial charge in [-0.15, -0.1) is 0 Å². The summed E-state index contributed by atoms with van der Waals surface area (Å²) in [5, 5.41) is 0.421. The zero-order valence-corrected chi connectivity index (χ0v) is 25.0. The molecule has 0 unspecified atom stereocenters. The third-order valence-electron chi connectivity index (χ3n) is 6.57. The molecule has 0 bridgehead atoms. The Labute approximate surface area is 249 Å². The molecular weight excluding hydrogens is 580 g/mol. The lowest BCUT2D eigenvalue weighted by Gasteiger charge is -2.25. The average molecular weight is 607 g/mol. The number of benzene rings is 2. The fourth-order valence-electron chi connectivity index (χ4n) is 4.67. The number of fused-ring (bicyclic) bond motifs is 1. The van der Waals surface area contributed by atoms with Crippen LogP contribution in [0.5, 0.6) is 5.75 Å². The van der Waals surface area contributed by atoms with Crippen LogP contribution in [-0.4, -0.2) is 36.8 Å². The number of nitrogens with zero attached hydrogens (tertiary/aromatic N) is 2. The predicted molar refractivity (Wildman–Crippen MR) is 158 cm³/mol. The van der Waals surface area contributed by atoms with E-state index in [2.05, 4.69) is 4.99 Å². The van der Waals surface area contributed by atoms with E-state index in [4.69, 9.17) is 30.2 Å². The number of methoxy groups -OCH3 is 2. The van der Waals surface area contributed by atoms with Crippen LogP contribution in [0, 0.1) is 0 Å². The molecule has 0 aliphatic carbocycles. The molecule has 5 rings (SSSR count). The zero-order chi connectivity index (χ0) is 30.1. The van der Waals surface area contributed by atoms with E-state index in [-0.39, 0.29) is 22.8 Å². The molecule has 1 aliphatic heterocycles. The second-order valence-electron chi connectivity index (χ2n) is 9.69. The first kappa shape index (κ1) is 29.1. The Kier molecular flexibility index (Phi) is 8.20. The molecular formula is C31H27ClN2O7S. The molecule has 0 N–H and O–H groups in total. The number of allylic oxidation sites excluding steroid dienone is 1. The monoisotopic (exact) mass is 606 g/mol. The van der Waals surface area contributed by atoms with Gasteiger partial charge in [0.2, 0.25) is 0 Å². The SMILES string of the molecule is COC(=O)c1ccc(Cl)cc1-c1ccc(/C=c2/sc3n(c2=O)[C@@H](c2ccc(OC)cc2)C(C(=O)OC(C)C)=C(C)N=3)o1. The van der Waals surface area contributed by atoms with Gasteiger partial charge in [-0.2, -0.15) is 0 Å². The number of hydrogen-bond donors (Lipinski definition) is 0. The number of furan rings is 1. The van der Waals surface area contributed by atoms with Crippen LogP contribution in [0.4, 0.5) is 0 Å². The van der Waals surface area contributed by atoms with Crippen molar-refractivity contribution in [1.82, 2.24) is 4.57 Å². The standard InChI is InChI=1S/C31H27ClN2O7S/c1-16(2)40-30(37)26-17(3)33-31-34(27(26)18-6-9-20(38-4)10-7-18)28(35)25(42-31)15-21-11-13-24(41-21)23-14-19(32)8-12-22(23)29(36)39-5/h6-16,27H,1-5H3/b25-15+/t27-/m0/s1. The summed E-state index contributed by atoms with van der Waals surface area (Å²) < 4.78 is 23.6. The van der Waals surface area contributed by atoms with Crippen LogP contribution in [0.3, 0.4) is 0 Å². The largest absolute Gasteiger partial charge is 0.497 e. The minimum Gasteiger partial charge on any atom is -0.497 e. The first-order chi connectivity index (χ1) is 20.1. The highest BCUT2D eigenvalue weighted by atomic mass is 35.5. The van der Waals surface area contributed by atoms with Crippen molar-refractivity contribution in [2.24, 2.45) is 4.99 Å². The summed E-state index contributed by atoms with van der Waals surface area (Å²) >= 11 is 7.36. The van der Waals surface area contributed by atoms with E-state index in [1.165, 1.54) is 23.0 Å². The number of carbonyl (C=O) groups excluding carboxylic acids is 2. The van der Waals surface area contributed by atoms with E-state index in [0.29, 0.717) is 48.5 Å². The second-order valence-corrected chi connectivity index (χ2v) is 11.1. The van der Waals surface area contributed by atoms with Gasteiger partial charge >= 0.3 is 11.9 Å². The zero-order valence-electron chi connectivity index (χ0n) is 23.5. The highest BCUT2D eigenvalue weighted by molar-refractivity contribution is 7.07. The highest BCUT2D eigenvalue weighted by Crippen LogP contribution is 2.32. The number of thiazole rings is 1. The molecule has 0 saturated heterocycles. The van der Waals surface area contributed by atoms with Crippen molar-refractivity contribution in [3.63, 3.8) is 0 Å². The van der Waals surface area contributed by atoms with Crippen LogP contribution in [-0.2, 0) is 14.3 Å². The normalized spacial score (nSPS) is 14.9. The summed E-state index contributed by atoms with van der Waals surface area (Å²) in [6, 6.07) is 14.5. The van der Waals surface area contributed by atoms with Crippen LogP contribution in [0.25, 0.3) is 17.4 Å². The van der Waals surface area contributed by atoms with Crippen LogP contribution in [0.1, 0.15) is 48.5 Å². The fourth-order valence-corrected chi connectivity index (χ4v) is 5.87. The summed E-state index contributed by atoms with van der Waals surface area (Å²) in [7, 11) is 2.86. The quantitative estimate of drug-likeness (QED) is 0.275. The second kappa shape index (κ2) is 11.8. The third kappa shape index (κ3) is 5.55. The van der Waals surface area contributed by atoms with Gasteiger partial charge in [-0.05, 0) is 68.8 Å². The Bertz CT molecular complexity index is 1900. The average Bonchev–Trinajstić information content (AvgIpc) is 3.55. The molecule has 1 aliphatic rings. The van der Waals surface area contributed by atoms with Crippen LogP contribution in [0.15, 0.2) is 80.1 Å². The van der Waals surface area contributed by atoms with E-state index in [1.807, 2.05) is 12.1 Å². The Hall–Kier alpha value is -4.41. The maximum absolute atomic E-state index is 13.9. The maximum atomic E-state index is 13.9. The molecule has 2 aromatic carbocycles. The minimum absolute atomic E-state index is 0.282. The highest BCUT2D eigenvalue weighted by Gasteiger charge is 2.34. The van der Waals surface area contributed by atoms with Gasteiger partial charge in [0.25, 0.3) is 5.56 Å². The predicted octanol–water partition coefficient (Wildman–Crippen LogP) is 4.90. The van der Waals surface area contributed by atoms with E-state index >= 15 is 0 Å². The molecule has 4 aromatic rings. The number of rotatable bonds is 7. The van der Waals surface area contributed by atoms with Gasteiger partial charge in [0.05, 0.1) is 47.7 Å². The first-order valence-electron chi connectivity index (χ1n) is 13.0. The van der Waals surface area contributed by atoms with Crippen molar-refractivity contribution in [1.29, 1.82) is 0 Å². The molecule has 0 amide bonds. The summed E-state index contributed by atoms with van der Waals surface area (Å²) in [4.78, 5) is 44.5. The lowest BCUT2D eigenvalue weighted by atomic mass is 9.96. The number of hydrogen-bond acceptors (Lipinski definition) is 9. The number of halogens is 1. The van der Waals surface area contributed by atoms with Crippen molar-refractivity contribution >= 4 is 41.0 Å². The van der Waals surface area contributed by atoms with E-state index < -0.39 is 18.0 Å². The molecule has 0 saturated carbocycles. The molecule has 0 spiro atoms. The Balaban J connectivity index is 1.63. The Morgan fingerprint density at radius 3 is 2.48 bits per heavy atom. The van der Waals surface area contributed by atoms with Gasteiger partial charge in [0, 0.05) is 16.7 Å². The molecule has 2 aromatic heterocycles. The van der Waals surface area contributed by atoms with Crippen molar-refractivity contribution in [3.05, 3.63) is 107 Å². The third-order valence-corrected chi connectivity index (χ3v) is 7.79. The van der Waals surface area contributed by atoms with Gasteiger partial charge < -0.3 is 18.6 Å². The number of esters is 2. The van der Waals surface area contributed by atoms with E-state index in [1.54, 1.807) is 76.4 Å². The van der Waals surface area contributed by atoms with Crippen molar-refractivity contribution in [2.45, 2.75) is 32.9 Å². The van der Waals surface area contributed by atoms with Crippen molar-refractivity contribution in [2.75, 3.05) is 14.2 Å². The van der Waals surface area contributed by atoms with Crippen molar-refractivity contribution < 1.29 is 28.2 Å². The van der Waals surface area contributed by atoms with Gasteiger partial charge in [-0.3, -0.25) is 9.36 Å². The lowest BCUT2D eigenvalue weighted by Crippen LogP contribution is -2.40. The summed E-state index contributed by atoms with van der Waals surface area (Å²) in [6.07, 6.45) is 1.25. The van der Waals surface area contributed by atoms with E-state index in [9.17, 15) is 14.4 Å². The van der Waals surface area contributed by atoms with Crippen LogP contribution < -0.4 is 19.6 Å². The van der Waals surface area contributed by atoms with Crippen LogP contribution in [0.2, 0.25) is 5.02 Å².